The first-order chi connectivity index (χ1) is 17.0. The Labute approximate surface area is 202 Å². The summed E-state index contributed by atoms with van der Waals surface area (Å²) in [4.78, 5) is 39.9. The average molecular weight is 472 g/mol. The molecule has 1 unspecified atom stereocenters. The number of fused-ring (bicyclic) bond motifs is 3. The van der Waals surface area contributed by atoms with Crippen molar-refractivity contribution in [2.24, 2.45) is 5.92 Å². The van der Waals surface area contributed by atoms with Crippen molar-refractivity contribution >= 4 is 23.7 Å². The quantitative estimate of drug-likeness (QED) is 0.448. The van der Waals surface area contributed by atoms with Crippen LogP contribution < -0.4 is 10.6 Å². The fraction of sp³-hybridized carbons (Fsp3) is 0.259. The minimum absolute atomic E-state index is 0.0305. The van der Waals surface area contributed by atoms with Gasteiger partial charge in [0.2, 0.25) is 5.91 Å². The predicted octanol–water partition coefficient (Wildman–Crippen LogP) is 4.43. The second-order valence-electron chi connectivity index (χ2n) is 8.90. The number of aromatic nitrogens is 1. The first-order valence-electron chi connectivity index (χ1n) is 11.6. The highest BCUT2D eigenvalue weighted by atomic mass is 16.5. The summed E-state index contributed by atoms with van der Waals surface area (Å²) in [5.41, 5.74) is 4.90. The van der Waals surface area contributed by atoms with E-state index in [1.165, 1.54) is 18.3 Å². The summed E-state index contributed by atoms with van der Waals surface area (Å²) in [5, 5.41) is 14.5. The van der Waals surface area contributed by atoms with Gasteiger partial charge in [-0.2, -0.15) is 0 Å². The topological polar surface area (TPSA) is 118 Å². The maximum atomic E-state index is 12.7. The van der Waals surface area contributed by atoms with E-state index in [0.717, 1.165) is 35.1 Å². The van der Waals surface area contributed by atoms with Crippen molar-refractivity contribution < 1.29 is 24.2 Å². The smallest absolute Gasteiger partial charge is 0.407 e. The molecule has 178 valence electrons. The molecule has 1 heterocycles. The molecule has 3 aromatic rings. The number of carbonyl (C=O) groups is 3. The van der Waals surface area contributed by atoms with Crippen LogP contribution in [0, 0.1) is 5.92 Å². The van der Waals surface area contributed by atoms with Crippen LogP contribution in [0.25, 0.3) is 11.1 Å². The van der Waals surface area contributed by atoms with Crippen LogP contribution in [-0.2, 0) is 9.53 Å². The molecule has 0 bridgehead atoms. The van der Waals surface area contributed by atoms with E-state index in [4.69, 9.17) is 9.84 Å². The average Bonchev–Trinajstić information content (AvgIpc) is 3.66. The summed E-state index contributed by atoms with van der Waals surface area (Å²) in [5.74, 6) is -1.22. The number of hydrogen-bond acceptors (Lipinski definition) is 5. The summed E-state index contributed by atoms with van der Waals surface area (Å²) in [6, 6.07) is 18.8. The van der Waals surface area contributed by atoms with E-state index in [0.29, 0.717) is 5.69 Å². The van der Waals surface area contributed by atoms with Crippen LogP contribution in [0.3, 0.4) is 0 Å². The fourth-order valence-corrected chi connectivity index (χ4v) is 4.63. The van der Waals surface area contributed by atoms with Crippen LogP contribution in [0.5, 0.6) is 0 Å². The number of benzene rings is 2. The van der Waals surface area contributed by atoms with E-state index in [9.17, 15) is 14.4 Å². The van der Waals surface area contributed by atoms with Gasteiger partial charge in [0, 0.05) is 18.4 Å². The molecule has 2 amide bonds. The molecule has 2 aliphatic rings. The summed E-state index contributed by atoms with van der Waals surface area (Å²) in [6.45, 7) is 0.213. The molecule has 1 saturated carbocycles. The molecule has 1 aromatic heterocycles. The molecule has 0 spiro atoms. The van der Waals surface area contributed by atoms with Crippen molar-refractivity contribution in [2.45, 2.75) is 31.2 Å². The Morgan fingerprint density at radius 3 is 2.20 bits per heavy atom. The fourth-order valence-electron chi connectivity index (χ4n) is 4.63. The number of carboxylic acid groups (broad SMARTS) is 1. The highest BCUT2D eigenvalue weighted by Crippen LogP contribution is 2.44. The number of ether oxygens (including phenoxy) is 1. The van der Waals surface area contributed by atoms with Gasteiger partial charge in [-0.25, -0.2) is 14.6 Å². The lowest BCUT2D eigenvalue weighted by atomic mass is 9.98. The van der Waals surface area contributed by atoms with Gasteiger partial charge >= 0.3 is 12.1 Å². The van der Waals surface area contributed by atoms with E-state index in [1.807, 2.05) is 24.3 Å². The van der Waals surface area contributed by atoms with Gasteiger partial charge in [0.05, 0.1) is 11.9 Å². The second-order valence-corrected chi connectivity index (χ2v) is 8.90. The number of alkyl carbamates (subject to hydrolysis) is 1. The number of nitrogens with one attached hydrogen (secondary N) is 2. The third-order valence-electron chi connectivity index (χ3n) is 6.51. The monoisotopic (exact) mass is 471 g/mol. The number of amides is 2. The zero-order valence-electron chi connectivity index (χ0n) is 18.9. The minimum atomic E-state index is -1.14. The number of anilines is 1. The summed E-state index contributed by atoms with van der Waals surface area (Å²) in [7, 11) is 0. The number of hydrogen-bond donors (Lipinski definition) is 3. The summed E-state index contributed by atoms with van der Waals surface area (Å²) < 4.78 is 5.64. The van der Waals surface area contributed by atoms with Gasteiger partial charge in [-0.1, -0.05) is 48.5 Å². The third kappa shape index (κ3) is 5.01. The number of pyridine rings is 1. The van der Waals surface area contributed by atoms with Crippen LogP contribution >= 0.6 is 0 Å². The van der Waals surface area contributed by atoms with Crippen molar-refractivity contribution in [3.05, 3.63) is 83.7 Å². The van der Waals surface area contributed by atoms with E-state index in [-0.39, 0.29) is 42.5 Å². The predicted molar refractivity (Wildman–Crippen MR) is 129 cm³/mol. The minimum Gasteiger partial charge on any atom is -0.477 e. The number of nitrogens with zero attached hydrogens (tertiary/aromatic N) is 1. The summed E-state index contributed by atoms with van der Waals surface area (Å²) in [6.07, 6.45) is 2.73. The van der Waals surface area contributed by atoms with Crippen LogP contribution in [0.15, 0.2) is 66.9 Å². The molecule has 0 saturated heterocycles. The highest BCUT2D eigenvalue weighted by Gasteiger charge is 2.35. The van der Waals surface area contributed by atoms with Gasteiger partial charge in [-0.3, -0.25) is 4.79 Å². The molecule has 0 radical (unpaired) electrons. The van der Waals surface area contributed by atoms with Crippen LogP contribution in [0.1, 0.15) is 46.8 Å². The van der Waals surface area contributed by atoms with E-state index in [2.05, 4.69) is 39.9 Å². The van der Waals surface area contributed by atoms with Gasteiger partial charge < -0.3 is 20.5 Å². The maximum Gasteiger partial charge on any atom is 0.407 e. The summed E-state index contributed by atoms with van der Waals surface area (Å²) >= 11 is 0. The Morgan fingerprint density at radius 2 is 1.63 bits per heavy atom. The lowest BCUT2D eigenvalue weighted by Gasteiger charge is -2.19. The third-order valence-corrected chi connectivity index (χ3v) is 6.51. The molecule has 1 fully saturated rings. The molecule has 2 aliphatic carbocycles. The Hall–Kier alpha value is -4.20. The Bertz CT molecular complexity index is 1220. The lowest BCUT2D eigenvalue weighted by Crippen LogP contribution is -2.40. The van der Waals surface area contributed by atoms with Gasteiger partial charge in [0.15, 0.2) is 0 Å². The zero-order valence-corrected chi connectivity index (χ0v) is 18.9. The van der Waals surface area contributed by atoms with Gasteiger partial charge in [0.1, 0.15) is 12.3 Å². The molecule has 35 heavy (non-hydrogen) atoms. The first-order valence-corrected chi connectivity index (χ1v) is 11.6. The number of rotatable bonds is 8. The van der Waals surface area contributed by atoms with Crippen LogP contribution in [0.4, 0.5) is 10.5 Å². The normalized spacial score (nSPS) is 15.0. The Balaban J connectivity index is 1.18. The van der Waals surface area contributed by atoms with Crippen molar-refractivity contribution in [1.82, 2.24) is 10.3 Å². The SMILES string of the molecule is O=C(CC(NC(=O)OCC1c2ccccc2-c2ccccc21)C1CC1)Nc1ccc(C(=O)O)nc1. The van der Waals surface area contributed by atoms with E-state index in [1.54, 1.807) is 0 Å². The highest BCUT2D eigenvalue weighted by molar-refractivity contribution is 5.92. The number of carbonyl (C=O) groups excluding carboxylic acids is 2. The molecular formula is C27H25N3O5. The zero-order chi connectivity index (χ0) is 24.4. The molecular weight excluding hydrogens is 446 g/mol. The van der Waals surface area contributed by atoms with Gasteiger partial charge in [-0.05, 0) is 53.1 Å². The van der Waals surface area contributed by atoms with Crippen molar-refractivity contribution in [3.63, 3.8) is 0 Å². The molecule has 3 N–H and O–H groups in total. The molecule has 8 heteroatoms. The maximum absolute atomic E-state index is 12.7. The Morgan fingerprint density at radius 1 is 0.971 bits per heavy atom. The molecule has 0 aliphatic heterocycles. The number of aromatic carboxylic acids is 1. The lowest BCUT2D eigenvalue weighted by molar-refractivity contribution is -0.116. The van der Waals surface area contributed by atoms with Crippen LogP contribution in [-0.4, -0.2) is 40.7 Å². The number of carboxylic acids is 1. The molecule has 1 atom stereocenters. The van der Waals surface area contributed by atoms with E-state index >= 15 is 0 Å². The van der Waals surface area contributed by atoms with Crippen LogP contribution in [0.2, 0.25) is 0 Å². The Kier molecular flexibility index (Phi) is 6.18. The molecule has 8 nitrogen and oxygen atoms in total. The van der Waals surface area contributed by atoms with Gasteiger partial charge in [-0.15, -0.1) is 0 Å². The van der Waals surface area contributed by atoms with Crippen molar-refractivity contribution in [2.75, 3.05) is 11.9 Å². The van der Waals surface area contributed by atoms with Crippen molar-refractivity contribution in [1.29, 1.82) is 0 Å². The van der Waals surface area contributed by atoms with E-state index < -0.39 is 12.1 Å². The largest absolute Gasteiger partial charge is 0.477 e. The van der Waals surface area contributed by atoms with Gasteiger partial charge in [0.25, 0.3) is 0 Å². The van der Waals surface area contributed by atoms with Crippen molar-refractivity contribution in [3.8, 4) is 11.1 Å². The second kappa shape index (κ2) is 9.58. The first kappa shape index (κ1) is 22.6. The molecule has 5 rings (SSSR count). The molecule has 2 aromatic carbocycles. The standard InChI is InChI=1S/C27H25N3O5/c31-25(29-17-11-12-23(26(32)33)28-14-17)13-24(16-9-10-16)30-27(34)35-15-22-20-7-3-1-5-18(20)19-6-2-4-8-21(19)22/h1-8,11-12,14,16,22,24H,9-10,13,15H2,(H,29,31)(H,30,34)(H,32,33).